The van der Waals surface area contributed by atoms with Gasteiger partial charge >= 0.3 is 0 Å². The van der Waals surface area contributed by atoms with Crippen molar-refractivity contribution in [2.45, 2.75) is 39.8 Å². The fourth-order valence-corrected chi connectivity index (χ4v) is 4.19. The highest BCUT2D eigenvalue weighted by molar-refractivity contribution is 6.42. The van der Waals surface area contributed by atoms with Crippen LogP contribution >= 0.6 is 23.2 Å². The van der Waals surface area contributed by atoms with Gasteiger partial charge in [-0.3, -0.25) is 14.3 Å². The molecule has 0 spiro atoms. The lowest BCUT2D eigenvalue weighted by Gasteiger charge is -2.32. The zero-order valence-electron chi connectivity index (χ0n) is 18.1. The summed E-state index contributed by atoms with van der Waals surface area (Å²) in [4.78, 5) is 27.4. The number of ether oxygens (including phenoxy) is 1. The second-order valence-electron chi connectivity index (χ2n) is 7.80. The zero-order valence-corrected chi connectivity index (χ0v) is 19.6. The third kappa shape index (κ3) is 5.59. The minimum Gasteiger partial charge on any atom is -0.383 e. The van der Waals surface area contributed by atoms with Crippen LogP contribution in [0.25, 0.3) is 0 Å². The Morgan fingerprint density at radius 1 is 1.26 bits per heavy atom. The number of nitrogens with one attached hydrogen (secondary N) is 1. The topological polar surface area (TPSA) is 76.5 Å². The monoisotopic (exact) mass is 466 g/mol. The molecular formula is C22H28Cl2N4O3. The molecule has 1 aromatic heterocycles. The van der Waals surface area contributed by atoms with E-state index in [1.807, 2.05) is 18.5 Å². The van der Waals surface area contributed by atoms with Crippen LogP contribution in [0.5, 0.6) is 0 Å². The second kappa shape index (κ2) is 10.5. The van der Waals surface area contributed by atoms with Gasteiger partial charge in [0.05, 0.1) is 34.8 Å². The number of hydrogen-bond donors (Lipinski definition) is 1. The Morgan fingerprint density at radius 3 is 2.74 bits per heavy atom. The van der Waals surface area contributed by atoms with Gasteiger partial charge in [0.15, 0.2) is 0 Å². The van der Waals surface area contributed by atoms with Gasteiger partial charge < -0.3 is 15.0 Å². The smallest absolute Gasteiger partial charge is 0.253 e. The number of halogens is 2. The lowest BCUT2D eigenvalue weighted by atomic mass is 9.96. The Bertz CT molecular complexity index is 960. The molecule has 168 valence electrons. The lowest BCUT2D eigenvalue weighted by molar-refractivity contribution is -0.126. The average molecular weight is 467 g/mol. The van der Waals surface area contributed by atoms with Crippen LogP contribution in [-0.4, -0.2) is 53.3 Å². The first-order valence-corrected chi connectivity index (χ1v) is 11.1. The van der Waals surface area contributed by atoms with E-state index < -0.39 is 0 Å². The van der Waals surface area contributed by atoms with Crippen molar-refractivity contribution in [1.82, 2.24) is 20.0 Å². The summed E-state index contributed by atoms with van der Waals surface area (Å²) in [5, 5.41) is 8.32. The number of piperidine rings is 1. The molecule has 1 aliphatic rings. The summed E-state index contributed by atoms with van der Waals surface area (Å²) in [5.41, 5.74) is 3.41. The molecule has 1 unspecified atom stereocenters. The van der Waals surface area contributed by atoms with Crippen LogP contribution in [0.15, 0.2) is 18.2 Å². The summed E-state index contributed by atoms with van der Waals surface area (Å²) in [7, 11) is 1.66. The normalized spacial score (nSPS) is 16.4. The molecule has 0 radical (unpaired) electrons. The van der Waals surface area contributed by atoms with E-state index in [9.17, 15) is 9.59 Å². The first-order chi connectivity index (χ1) is 14.8. The van der Waals surface area contributed by atoms with Gasteiger partial charge in [0.2, 0.25) is 5.91 Å². The second-order valence-corrected chi connectivity index (χ2v) is 8.62. The zero-order chi connectivity index (χ0) is 22.5. The minimum atomic E-state index is -0.246. The van der Waals surface area contributed by atoms with Crippen LogP contribution in [0.4, 0.5) is 0 Å². The number of likely N-dealkylation sites (tertiary alicyclic amines) is 1. The van der Waals surface area contributed by atoms with Gasteiger partial charge in [0.25, 0.3) is 5.91 Å². The Morgan fingerprint density at radius 2 is 2.03 bits per heavy atom. The Kier molecular flexibility index (Phi) is 7.97. The summed E-state index contributed by atoms with van der Waals surface area (Å²) < 4.78 is 7.03. The van der Waals surface area contributed by atoms with E-state index in [1.165, 1.54) is 0 Å². The predicted octanol–water partition coefficient (Wildman–Crippen LogP) is 3.62. The number of hydrogen-bond acceptors (Lipinski definition) is 4. The fourth-order valence-electron chi connectivity index (χ4n) is 3.89. The molecule has 2 aromatic rings. The first kappa shape index (κ1) is 23.6. The first-order valence-electron chi connectivity index (χ1n) is 10.4. The SMILES string of the molecule is COCCn1nc(C)c(CNC(=O)C2CCCN(C(=O)c3ccc(Cl)c(Cl)c3)C2)c1C. The minimum absolute atomic E-state index is 0.0462. The Hall–Kier alpha value is -2.09. The van der Waals surface area contributed by atoms with Crippen molar-refractivity contribution in [1.29, 1.82) is 0 Å². The number of amides is 2. The van der Waals surface area contributed by atoms with Crippen molar-refractivity contribution < 1.29 is 14.3 Å². The number of benzene rings is 1. The van der Waals surface area contributed by atoms with Gasteiger partial charge in [0, 0.05) is 43.6 Å². The van der Waals surface area contributed by atoms with E-state index in [0.29, 0.717) is 48.4 Å². The lowest BCUT2D eigenvalue weighted by Crippen LogP contribution is -2.45. The van der Waals surface area contributed by atoms with Gasteiger partial charge in [-0.1, -0.05) is 23.2 Å². The quantitative estimate of drug-likeness (QED) is 0.675. The standard InChI is InChI=1S/C22H28Cl2N4O3/c1-14-18(15(2)28(26-14)9-10-31-3)12-25-21(29)17-5-4-8-27(13-17)22(30)16-6-7-19(23)20(24)11-16/h6-7,11,17H,4-5,8-10,12-13H2,1-3H3,(H,25,29). The van der Waals surface area contributed by atoms with Crippen molar-refractivity contribution in [3.05, 3.63) is 50.8 Å². The van der Waals surface area contributed by atoms with Gasteiger partial charge in [-0.25, -0.2) is 0 Å². The largest absolute Gasteiger partial charge is 0.383 e. The molecule has 31 heavy (non-hydrogen) atoms. The summed E-state index contributed by atoms with van der Waals surface area (Å²) in [6, 6.07) is 4.85. The molecule has 9 heteroatoms. The van der Waals surface area contributed by atoms with Crippen LogP contribution in [0.2, 0.25) is 10.0 Å². The molecule has 7 nitrogen and oxygen atoms in total. The summed E-state index contributed by atoms with van der Waals surface area (Å²) in [6.07, 6.45) is 1.53. The number of rotatable bonds is 7. The molecule has 1 fully saturated rings. The van der Waals surface area contributed by atoms with E-state index in [2.05, 4.69) is 10.4 Å². The van der Waals surface area contributed by atoms with Gasteiger partial charge in [-0.05, 0) is 44.9 Å². The molecule has 1 aromatic carbocycles. The van der Waals surface area contributed by atoms with Crippen LogP contribution in [0.1, 0.15) is 40.2 Å². The van der Waals surface area contributed by atoms with E-state index >= 15 is 0 Å². The van der Waals surface area contributed by atoms with Crippen LogP contribution in [0.3, 0.4) is 0 Å². The molecule has 1 atom stereocenters. The summed E-state index contributed by atoms with van der Waals surface area (Å²) >= 11 is 12.0. The summed E-state index contributed by atoms with van der Waals surface area (Å²) in [6.45, 7) is 6.61. The van der Waals surface area contributed by atoms with Crippen LogP contribution in [-0.2, 0) is 22.6 Å². The van der Waals surface area contributed by atoms with Gasteiger partial charge in [-0.15, -0.1) is 0 Å². The highest BCUT2D eigenvalue weighted by Gasteiger charge is 2.29. The molecule has 2 heterocycles. The summed E-state index contributed by atoms with van der Waals surface area (Å²) in [5.74, 6) is -0.429. The third-order valence-electron chi connectivity index (χ3n) is 5.72. The van der Waals surface area contributed by atoms with Crippen LogP contribution in [0, 0.1) is 19.8 Å². The molecule has 1 N–H and O–H groups in total. The molecule has 0 aliphatic carbocycles. The number of carbonyl (C=O) groups excluding carboxylic acids is 2. The number of methoxy groups -OCH3 is 1. The van der Waals surface area contributed by atoms with E-state index in [0.717, 1.165) is 29.8 Å². The van der Waals surface area contributed by atoms with Crippen molar-refractivity contribution in [2.75, 3.05) is 26.8 Å². The van der Waals surface area contributed by atoms with Crippen molar-refractivity contribution in [3.8, 4) is 0 Å². The van der Waals surface area contributed by atoms with E-state index in [4.69, 9.17) is 27.9 Å². The number of aryl methyl sites for hydroxylation is 1. The molecule has 1 saturated heterocycles. The van der Waals surface area contributed by atoms with Crippen molar-refractivity contribution in [2.24, 2.45) is 5.92 Å². The average Bonchev–Trinajstić information content (AvgIpc) is 3.04. The highest BCUT2D eigenvalue weighted by atomic mass is 35.5. The number of carbonyl (C=O) groups is 2. The van der Waals surface area contributed by atoms with Gasteiger partial charge in [0.1, 0.15) is 0 Å². The van der Waals surface area contributed by atoms with Crippen molar-refractivity contribution >= 4 is 35.0 Å². The molecule has 0 bridgehead atoms. The maximum Gasteiger partial charge on any atom is 0.253 e. The number of aromatic nitrogens is 2. The molecular weight excluding hydrogens is 439 g/mol. The Balaban J connectivity index is 1.60. The van der Waals surface area contributed by atoms with Crippen LogP contribution < -0.4 is 5.32 Å². The predicted molar refractivity (Wildman–Crippen MR) is 121 cm³/mol. The maximum atomic E-state index is 12.9. The Labute approximate surface area is 192 Å². The van der Waals surface area contributed by atoms with Crippen molar-refractivity contribution in [3.63, 3.8) is 0 Å². The van der Waals surface area contributed by atoms with E-state index in [1.54, 1.807) is 30.2 Å². The van der Waals surface area contributed by atoms with E-state index in [-0.39, 0.29) is 17.7 Å². The fraction of sp³-hybridized carbons (Fsp3) is 0.500. The highest BCUT2D eigenvalue weighted by Crippen LogP contribution is 2.25. The maximum absolute atomic E-state index is 12.9. The molecule has 2 amide bonds. The molecule has 1 aliphatic heterocycles. The third-order valence-corrected chi connectivity index (χ3v) is 6.46. The molecule has 0 saturated carbocycles. The number of nitrogens with zero attached hydrogens (tertiary/aromatic N) is 3. The van der Waals surface area contributed by atoms with Gasteiger partial charge in [-0.2, -0.15) is 5.10 Å². The molecule has 3 rings (SSSR count).